The van der Waals surface area contributed by atoms with Crippen molar-refractivity contribution in [1.82, 2.24) is 9.88 Å². The molecule has 0 aliphatic heterocycles. The number of anilines is 1. The number of nitrogens with zero attached hydrogens (tertiary/aromatic N) is 2. The summed E-state index contributed by atoms with van der Waals surface area (Å²) in [6.45, 7) is 0.306. The molecule has 6 heteroatoms. The molecule has 5 nitrogen and oxygen atoms in total. The summed E-state index contributed by atoms with van der Waals surface area (Å²) in [5.41, 5.74) is 0.440. The number of halogens is 1. The van der Waals surface area contributed by atoms with Gasteiger partial charge in [0.15, 0.2) is 0 Å². The van der Waals surface area contributed by atoms with E-state index in [-0.39, 0.29) is 18.6 Å². The molecule has 1 aromatic heterocycles. The third kappa shape index (κ3) is 3.86. The molecule has 1 fully saturated rings. The summed E-state index contributed by atoms with van der Waals surface area (Å²) in [6.07, 6.45) is 6.95. The Balaban J connectivity index is 2.24. The number of pyridine rings is 1. The van der Waals surface area contributed by atoms with E-state index in [2.05, 4.69) is 10.3 Å². The quantitative estimate of drug-likeness (QED) is 0.877. The number of aliphatic hydroxyl groups is 1. The molecule has 0 aromatic carbocycles. The molecule has 116 valence electrons. The predicted molar refractivity (Wildman–Crippen MR) is 83.8 cm³/mol. The zero-order valence-corrected chi connectivity index (χ0v) is 13.1. The molecule has 0 atom stereocenters. The van der Waals surface area contributed by atoms with Crippen molar-refractivity contribution < 1.29 is 9.90 Å². The Bertz CT molecular complexity index is 490. The number of hydrogen-bond donors (Lipinski definition) is 2. The molecule has 0 unspecified atom stereocenters. The fraction of sp³-hybridized carbons (Fsp3) is 0.600. The molecule has 2 rings (SSSR count). The van der Waals surface area contributed by atoms with E-state index in [4.69, 9.17) is 11.6 Å². The molecule has 1 heterocycles. The fourth-order valence-corrected chi connectivity index (χ4v) is 3.03. The second kappa shape index (κ2) is 7.61. The number of rotatable bonds is 5. The number of aliphatic hydroxyl groups excluding tert-OH is 1. The van der Waals surface area contributed by atoms with Gasteiger partial charge in [-0.3, -0.25) is 4.79 Å². The van der Waals surface area contributed by atoms with Gasteiger partial charge >= 0.3 is 0 Å². The second-order valence-electron chi connectivity index (χ2n) is 5.31. The monoisotopic (exact) mass is 311 g/mol. The Labute approximate surface area is 130 Å². The lowest BCUT2D eigenvalue weighted by Crippen LogP contribution is -2.43. The van der Waals surface area contributed by atoms with Crippen LogP contribution < -0.4 is 5.32 Å². The Kier molecular flexibility index (Phi) is 5.82. The van der Waals surface area contributed by atoms with Gasteiger partial charge in [-0.25, -0.2) is 4.98 Å². The van der Waals surface area contributed by atoms with E-state index in [1.807, 2.05) is 0 Å². The Morgan fingerprint density at radius 2 is 2.19 bits per heavy atom. The van der Waals surface area contributed by atoms with Crippen LogP contribution in [0.25, 0.3) is 0 Å². The summed E-state index contributed by atoms with van der Waals surface area (Å²) in [5.74, 6) is 0.482. The van der Waals surface area contributed by atoms with Crippen molar-refractivity contribution >= 4 is 23.3 Å². The van der Waals surface area contributed by atoms with Crippen LogP contribution in [-0.2, 0) is 0 Å². The van der Waals surface area contributed by atoms with Crippen LogP contribution in [0.1, 0.15) is 42.5 Å². The highest BCUT2D eigenvalue weighted by Crippen LogP contribution is 2.26. The largest absolute Gasteiger partial charge is 0.395 e. The summed E-state index contributed by atoms with van der Waals surface area (Å²) < 4.78 is 0. The van der Waals surface area contributed by atoms with Crippen molar-refractivity contribution in [2.45, 2.75) is 38.1 Å². The van der Waals surface area contributed by atoms with Crippen molar-refractivity contribution in [2.75, 3.05) is 25.5 Å². The number of hydrogen-bond acceptors (Lipinski definition) is 4. The molecule has 1 aliphatic rings. The normalized spacial score (nSPS) is 15.8. The van der Waals surface area contributed by atoms with Crippen LogP contribution in [0.15, 0.2) is 12.3 Å². The van der Waals surface area contributed by atoms with Crippen LogP contribution in [0.4, 0.5) is 5.82 Å². The van der Waals surface area contributed by atoms with Crippen molar-refractivity contribution in [3.05, 3.63) is 22.8 Å². The first-order valence-electron chi connectivity index (χ1n) is 7.42. The molecular formula is C15H22ClN3O2. The maximum absolute atomic E-state index is 12.8. The van der Waals surface area contributed by atoms with Gasteiger partial charge in [0, 0.05) is 25.8 Å². The van der Waals surface area contributed by atoms with E-state index in [0.717, 1.165) is 25.7 Å². The van der Waals surface area contributed by atoms with Gasteiger partial charge in [0.1, 0.15) is 5.82 Å². The minimum absolute atomic E-state index is 0.0379. The summed E-state index contributed by atoms with van der Waals surface area (Å²) in [6, 6.07) is 1.86. The summed E-state index contributed by atoms with van der Waals surface area (Å²) in [5, 5.41) is 12.5. The lowest BCUT2D eigenvalue weighted by molar-refractivity contribution is 0.0585. The van der Waals surface area contributed by atoms with E-state index in [0.29, 0.717) is 22.9 Å². The van der Waals surface area contributed by atoms with Gasteiger partial charge in [-0.1, -0.05) is 30.9 Å². The van der Waals surface area contributed by atoms with Crippen LogP contribution in [0, 0.1) is 0 Å². The van der Waals surface area contributed by atoms with Crippen molar-refractivity contribution in [2.24, 2.45) is 0 Å². The van der Waals surface area contributed by atoms with Crippen molar-refractivity contribution in [3.63, 3.8) is 0 Å². The standard InChI is InChI=1S/C15H22ClN3O2/c1-17-14-9-12(13(16)10-18-14)15(21)19(7-8-20)11-5-3-2-4-6-11/h9-11,20H,2-8H2,1H3,(H,17,18). The first-order chi connectivity index (χ1) is 10.2. The smallest absolute Gasteiger partial charge is 0.255 e. The molecule has 1 saturated carbocycles. The number of aromatic nitrogens is 1. The highest BCUT2D eigenvalue weighted by molar-refractivity contribution is 6.33. The molecule has 1 amide bonds. The third-order valence-corrected chi connectivity index (χ3v) is 4.26. The lowest BCUT2D eigenvalue weighted by atomic mass is 9.93. The molecule has 1 aliphatic carbocycles. The number of carbonyl (C=O) groups is 1. The van der Waals surface area contributed by atoms with Crippen LogP contribution in [0.2, 0.25) is 5.02 Å². The van der Waals surface area contributed by atoms with Crippen LogP contribution >= 0.6 is 11.6 Å². The Hall–Kier alpha value is -1.33. The second-order valence-corrected chi connectivity index (χ2v) is 5.72. The highest BCUT2D eigenvalue weighted by atomic mass is 35.5. The molecule has 0 spiro atoms. The molecule has 0 radical (unpaired) electrons. The summed E-state index contributed by atoms with van der Waals surface area (Å²) >= 11 is 6.13. The number of nitrogens with one attached hydrogen (secondary N) is 1. The average Bonchev–Trinajstić information content (AvgIpc) is 2.53. The first kappa shape index (κ1) is 16.0. The molecule has 21 heavy (non-hydrogen) atoms. The van der Waals surface area contributed by atoms with E-state index < -0.39 is 0 Å². The SMILES string of the molecule is CNc1cc(C(=O)N(CCO)C2CCCCC2)c(Cl)cn1. The maximum Gasteiger partial charge on any atom is 0.255 e. The van der Waals surface area contributed by atoms with Gasteiger partial charge in [-0.15, -0.1) is 0 Å². The van der Waals surface area contributed by atoms with E-state index in [1.54, 1.807) is 18.0 Å². The Morgan fingerprint density at radius 3 is 2.81 bits per heavy atom. The minimum Gasteiger partial charge on any atom is -0.395 e. The third-order valence-electron chi connectivity index (χ3n) is 3.96. The highest BCUT2D eigenvalue weighted by Gasteiger charge is 2.27. The minimum atomic E-state index is -0.125. The van der Waals surface area contributed by atoms with Crippen LogP contribution in [0.5, 0.6) is 0 Å². The summed E-state index contributed by atoms with van der Waals surface area (Å²) in [4.78, 5) is 18.7. The van der Waals surface area contributed by atoms with Gasteiger partial charge in [-0.05, 0) is 18.9 Å². The van der Waals surface area contributed by atoms with Gasteiger partial charge in [0.25, 0.3) is 5.91 Å². The van der Waals surface area contributed by atoms with Crippen molar-refractivity contribution in [1.29, 1.82) is 0 Å². The molecule has 1 aromatic rings. The Morgan fingerprint density at radius 1 is 1.48 bits per heavy atom. The zero-order chi connectivity index (χ0) is 15.2. The first-order valence-corrected chi connectivity index (χ1v) is 7.80. The fourth-order valence-electron chi connectivity index (χ4n) is 2.84. The number of amides is 1. The maximum atomic E-state index is 12.8. The van der Waals surface area contributed by atoms with Crippen LogP contribution in [0.3, 0.4) is 0 Å². The molecular weight excluding hydrogens is 290 g/mol. The molecule has 2 N–H and O–H groups in total. The summed E-state index contributed by atoms with van der Waals surface area (Å²) in [7, 11) is 1.75. The molecule has 0 bridgehead atoms. The average molecular weight is 312 g/mol. The van der Waals surface area contributed by atoms with Crippen molar-refractivity contribution in [3.8, 4) is 0 Å². The topological polar surface area (TPSA) is 65.5 Å². The van der Waals surface area contributed by atoms with E-state index >= 15 is 0 Å². The number of carbonyl (C=O) groups excluding carboxylic acids is 1. The van der Waals surface area contributed by atoms with Gasteiger partial charge in [0.2, 0.25) is 0 Å². The lowest BCUT2D eigenvalue weighted by Gasteiger charge is -2.34. The zero-order valence-electron chi connectivity index (χ0n) is 12.3. The van der Waals surface area contributed by atoms with Crippen LogP contribution in [-0.4, -0.2) is 47.1 Å². The molecule has 0 saturated heterocycles. The van der Waals surface area contributed by atoms with E-state index in [1.165, 1.54) is 12.6 Å². The van der Waals surface area contributed by atoms with Gasteiger partial charge < -0.3 is 15.3 Å². The predicted octanol–water partition coefficient (Wildman–Crippen LogP) is 2.54. The van der Waals surface area contributed by atoms with Gasteiger partial charge in [-0.2, -0.15) is 0 Å². The van der Waals surface area contributed by atoms with E-state index in [9.17, 15) is 9.90 Å². The van der Waals surface area contributed by atoms with Gasteiger partial charge in [0.05, 0.1) is 17.2 Å².